The van der Waals surface area contributed by atoms with Gasteiger partial charge in [-0.25, -0.2) is 9.97 Å². The maximum absolute atomic E-state index is 6.06. The molecule has 0 fully saturated rings. The average Bonchev–Trinajstić information content (AvgIpc) is 2.67. The van der Waals surface area contributed by atoms with Crippen molar-refractivity contribution >= 4 is 17.2 Å². The van der Waals surface area contributed by atoms with Gasteiger partial charge in [0.25, 0.3) is 0 Å². The highest BCUT2D eigenvalue weighted by atomic mass is 35.5. The van der Waals surface area contributed by atoms with Gasteiger partial charge in [0.2, 0.25) is 0 Å². The Bertz CT molecular complexity index is 732. The molecule has 0 saturated carbocycles. The van der Waals surface area contributed by atoms with Crippen LogP contribution in [0.3, 0.4) is 0 Å². The first kappa shape index (κ1) is 12.2. The fraction of sp³-hybridized carbons (Fsp3) is 0.200. The minimum absolute atomic E-state index is 0.513. The van der Waals surface area contributed by atoms with Crippen molar-refractivity contribution in [1.29, 1.82) is 0 Å². The van der Waals surface area contributed by atoms with Gasteiger partial charge in [0, 0.05) is 12.1 Å². The maximum atomic E-state index is 6.06. The van der Waals surface area contributed by atoms with Crippen LogP contribution in [-0.4, -0.2) is 14.4 Å². The average molecular weight is 272 g/mol. The quantitative estimate of drug-likeness (QED) is 0.667. The van der Waals surface area contributed by atoms with Gasteiger partial charge in [-0.1, -0.05) is 41.9 Å². The molecule has 0 atom stereocenters. The van der Waals surface area contributed by atoms with Gasteiger partial charge < -0.3 is 0 Å². The molecule has 0 unspecified atom stereocenters. The number of hydrogen-bond donors (Lipinski definition) is 0. The standard InChI is InChI=1S/C15H14ClN3/c1-10-8-14(16)18-15-13(17-11(2)19(10)15)9-12-6-4-3-5-7-12/h3-8H,9H2,1-2H3. The Kier molecular flexibility index (Phi) is 2.99. The summed E-state index contributed by atoms with van der Waals surface area (Å²) in [5, 5.41) is 0.513. The second-order valence-electron chi connectivity index (χ2n) is 4.65. The highest BCUT2D eigenvalue weighted by Crippen LogP contribution is 2.19. The molecule has 0 saturated heterocycles. The van der Waals surface area contributed by atoms with Gasteiger partial charge in [-0.3, -0.25) is 4.40 Å². The highest BCUT2D eigenvalue weighted by Gasteiger charge is 2.12. The Hall–Kier alpha value is -1.87. The predicted octanol–water partition coefficient (Wildman–Crippen LogP) is 3.59. The Labute approximate surface area is 116 Å². The molecule has 2 heterocycles. The van der Waals surface area contributed by atoms with E-state index in [1.165, 1.54) is 5.56 Å². The smallest absolute Gasteiger partial charge is 0.162 e. The number of halogens is 1. The Morgan fingerprint density at radius 1 is 1.11 bits per heavy atom. The summed E-state index contributed by atoms with van der Waals surface area (Å²) in [5.74, 6) is 0.947. The number of rotatable bonds is 2. The van der Waals surface area contributed by atoms with Crippen molar-refractivity contribution in [1.82, 2.24) is 14.4 Å². The van der Waals surface area contributed by atoms with E-state index in [2.05, 4.69) is 22.1 Å². The van der Waals surface area contributed by atoms with Crippen LogP contribution in [0.15, 0.2) is 36.4 Å². The molecular weight excluding hydrogens is 258 g/mol. The second-order valence-corrected chi connectivity index (χ2v) is 5.03. The van der Waals surface area contributed by atoms with Gasteiger partial charge in [0.1, 0.15) is 11.0 Å². The van der Waals surface area contributed by atoms with Crippen LogP contribution < -0.4 is 0 Å². The molecule has 3 rings (SSSR count). The first-order valence-corrected chi connectivity index (χ1v) is 6.58. The number of nitrogens with zero attached hydrogens (tertiary/aromatic N) is 3. The summed E-state index contributed by atoms with van der Waals surface area (Å²) in [6, 6.07) is 12.1. The van der Waals surface area contributed by atoms with Crippen molar-refractivity contribution in [3.8, 4) is 0 Å². The normalized spacial score (nSPS) is 11.1. The van der Waals surface area contributed by atoms with Crippen LogP contribution in [0.2, 0.25) is 5.15 Å². The van der Waals surface area contributed by atoms with E-state index < -0.39 is 0 Å². The molecule has 0 aliphatic rings. The molecular formula is C15H14ClN3. The molecule has 0 aliphatic carbocycles. The Morgan fingerprint density at radius 2 is 1.84 bits per heavy atom. The molecule has 0 N–H and O–H groups in total. The molecule has 0 spiro atoms. The first-order chi connectivity index (χ1) is 9.15. The van der Waals surface area contributed by atoms with Gasteiger partial charge in [-0.05, 0) is 25.5 Å². The fourth-order valence-corrected chi connectivity index (χ4v) is 2.63. The molecule has 3 nitrogen and oxygen atoms in total. The zero-order valence-corrected chi connectivity index (χ0v) is 11.6. The van der Waals surface area contributed by atoms with Crippen LogP contribution in [-0.2, 0) is 6.42 Å². The predicted molar refractivity (Wildman–Crippen MR) is 76.7 cm³/mol. The van der Waals surface area contributed by atoms with Crippen LogP contribution in [0, 0.1) is 13.8 Å². The number of aryl methyl sites for hydroxylation is 2. The summed E-state index contributed by atoms with van der Waals surface area (Å²) in [6.45, 7) is 4.01. The number of hydrogen-bond acceptors (Lipinski definition) is 2. The highest BCUT2D eigenvalue weighted by molar-refractivity contribution is 6.29. The summed E-state index contributed by atoms with van der Waals surface area (Å²) in [4.78, 5) is 9.05. The number of fused-ring (bicyclic) bond motifs is 1. The van der Waals surface area contributed by atoms with E-state index in [9.17, 15) is 0 Å². The monoisotopic (exact) mass is 271 g/mol. The Balaban J connectivity index is 2.14. The van der Waals surface area contributed by atoms with Gasteiger partial charge in [-0.2, -0.15) is 0 Å². The topological polar surface area (TPSA) is 30.2 Å². The molecule has 96 valence electrons. The van der Waals surface area contributed by atoms with Crippen molar-refractivity contribution in [2.45, 2.75) is 20.3 Å². The first-order valence-electron chi connectivity index (χ1n) is 6.20. The molecule has 2 aromatic heterocycles. The molecule has 3 aromatic rings. The lowest BCUT2D eigenvalue weighted by molar-refractivity contribution is 0.973. The summed E-state index contributed by atoms with van der Waals surface area (Å²) >= 11 is 6.06. The third-order valence-corrected chi connectivity index (χ3v) is 3.39. The molecule has 1 aromatic carbocycles. The van der Waals surface area contributed by atoms with Crippen LogP contribution in [0.4, 0.5) is 0 Å². The zero-order valence-electron chi connectivity index (χ0n) is 10.9. The molecule has 4 heteroatoms. The maximum Gasteiger partial charge on any atom is 0.162 e. The summed E-state index contributed by atoms with van der Waals surface area (Å²) < 4.78 is 2.05. The van der Waals surface area contributed by atoms with E-state index in [4.69, 9.17) is 11.6 Å². The number of imidazole rings is 1. The molecule has 0 radical (unpaired) electrons. The van der Waals surface area contributed by atoms with Gasteiger partial charge in [-0.15, -0.1) is 0 Å². The molecule has 0 aliphatic heterocycles. The molecule has 0 bridgehead atoms. The summed E-state index contributed by atoms with van der Waals surface area (Å²) in [6.07, 6.45) is 0.769. The Morgan fingerprint density at radius 3 is 2.58 bits per heavy atom. The zero-order chi connectivity index (χ0) is 13.4. The minimum Gasteiger partial charge on any atom is -0.285 e. The second kappa shape index (κ2) is 4.67. The van der Waals surface area contributed by atoms with Crippen LogP contribution in [0.5, 0.6) is 0 Å². The van der Waals surface area contributed by atoms with E-state index in [1.54, 1.807) is 0 Å². The molecule has 19 heavy (non-hydrogen) atoms. The summed E-state index contributed by atoms with van der Waals surface area (Å²) in [5.41, 5.74) is 4.10. The van der Waals surface area contributed by atoms with Crippen LogP contribution in [0.1, 0.15) is 22.8 Å². The van der Waals surface area contributed by atoms with Crippen molar-refractivity contribution in [2.24, 2.45) is 0 Å². The fourth-order valence-electron chi connectivity index (χ4n) is 2.39. The van der Waals surface area contributed by atoms with Crippen molar-refractivity contribution in [3.63, 3.8) is 0 Å². The van der Waals surface area contributed by atoms with E-state index in [1.807, 2.05) is 42.5 Å². The molecule has 0 amide bonds. The lowest BCUT2D eigenvalue weighted by atomic mass is 10.1. The van der Waals surface area contributed by atoms with Crippen molar-refractivity contribution in [2.75, 3.05) is 0 Å². The van der Waals surface area contributed by atoms with Crippen molar-refractivity contribution in [3.05, 3.63) is 64.3 Å². The SMILES string of the molecule is Cc1cc(Cl)nc2c(Cc3ccccc3)nc(C)n12. The van der Waals surface area contributed by atoms with Gasteiger partial charge >= 0.3 is 0 Å². The third kappa shape index (κ3) is 2.22. The van der Waals surface area contributed by atoms with Crippen LogP contribution >= 0.6 is 11.6 Å². The largest absolute Gasteiger partial charge is 0.285 e. The van der Waals surface area contributed by atoms with Crippen LogP contribution in [0.25, 0.3) is 5.65 Å². The van der Waals surface area contributed by atoms with E-state index >= 15 is 0 Å². The number of benzene rings is 1. The van der Waals surface area contributed by atoms with Gasteiger partial charge in [0.15, 0.2) is 5.65 Å². The van der Waals surface area contributed by atoms with E-state index in [-0.39, 0.29) is 0 Å². The third-order valence-electron chi connectivity index (χ3n) is 3.20. The summed E-state index contributed by atoms with van der Waals surface area (Å²) in [7, 11) is 0. The lowest BCUT2D eigenvalue weighted by Crippen LogP contribution is -1.97. The lowest BCUT2D eigenvalue weighted by Gasteiger charge is -2.03. The van der Waals surface area contributed by atoms with Crippen molar-refractivity contribution < 1.29 is 0 Å². The minimum atomic E-state index is 0.513. The van der Waals surface area contributed by atoms with E-state index in [0.29, 0.717) is 5.15 Å². The number of aromatic nitrogens is 3. The van der Waals surface area contributed by atoms with Gasteiger partial charge in [0.05, 0.1) is 5.69 Å². The van der Waals surface area contributed by atoms with E-state index in [0.717, 1.165) is 29.3 Å².